The van der Waals surface area contributed by atoms with Gasteiger partial charge in [-0.15, -0.1) is 3.74 Å². The van der Waals surface area contributed by atoms with Crippen molar-refractivity contribution in [3.05, 3.63) is 36.5 Å². The third-order valence-corrected chi connectivity index (χ3v) is 2.77. The fourth-order valence-corrected chi connectivity index (χ4v) is 1.65. The van der Waals surface area contributed by atoms with E-state index in [9.17, 15) is 8.42 Å². The number of benzene rings is 1. The van der Waals surface area contributed by atoms with E-state index in [-0.39, 0.29) is 0 Å². The van der Waals surface area contributed by atoms with Gasteiger partial charge in [-0.2, -0.15) is 13.1 Å². The van der Waals surface area contributed by atoms with Gasteiger partial charge in [-0.05, 0) is 12.1 Å². The zero-order valence-corrected chi connectivity index (χ0v) is 8.90. The number of hydrogen-bond donors (Lipinski definition) is 0. The Morgan fingerprint density at radius 3 is 2.67 bits per heavy atom. The first-order valence-electron chi connectivity index (χ1n) is 3.93. The molecule has 1 aromatic heterocycles. The maximum atomic E-state index is 10.9. The number of aromatic nitrogens is 1. The smallest absolute Gasteiger partial charge is 0.265 e. The number of fused-ring (bicyclic) bond motifs is 1. The molecule has 0 unspecified atom stereocenters. The van der Waals surface area contributed by atoms with Crippen LogP contribution in [0.5, 0.6) is 0 Å². The van der Waals surface area contributed by atoms with E-state index in [2.05, 4.69) is 8.02 Å². The summed E-state index contributed by atoms with van der Waals surface area (Å²) in [5.74, 6) is 0. The van der Waals surface area contributed by atoms with Gasteiger partial charge >= 0.3 is 10.4 Å². The first-order chi connectivity index (χ1) is 7.12. The predicted molar refractivity (Wildman–Crippen MR) is 54.4 cm³/mol. The highest BCUT2D eigenvalue weighted by Gasteiger charge is 2.14. The summed E-state index contributed by atoms with van der Waals surface area (Å²) >= 11 is 4.73. The highest BCUT2D eigenvalue weighted by atomic mass is 35.5. The Kier molecular flexibility index (Phi) is 2.56. The van der Waals surface area contributed by atoms with E-state index in [1.165, 1.54) is 6.20 Å². The van der Waals surface area contributed by atoms with E-state index < -0.39 is 10.4 Å². The average molecular weight is 248 g/mol. The zero-order chi connectivity index (χ0) is 10.9. The van der Waals surface area contributed by atoms with Crippen LogP contribution in [0.15, 0.2) is 36.5 Å². The van der Waals surface area contributed by atoms with E-state index in [1.807, 2.05) is 12.1 Å². The molecule has 0 aliphatic carbocycles. The molecule has 0 spiro atoms. The molecule has 80 valence electrons. The van der Waals surface area contributed by atoms with E-state index in [1.54, 1.807) is 18.2 Å². The van der Waals surface area contributed by atoms with Crippen LogP contribution < -0.4 is 4.28 Å². The molecular weight excluding hydrogens is 242 g/mol. The fourth-order valence-electron chi connectivity index (χ4n) is 1.23. The van der Waals surface area contributed by atoms with Crippen LogP contribution in [0.1, 0.15) is 0 Å². The van der Waals surface area contributed by atoms with Crippen molar-refractivity contribution in [1.29, 1.82) is 0 Å². The second kappa shape index (κ2) is 3.73. The summed E-state index contributed by atoms with van der Waals surface area (Å²) in [5, 5.41) is 0.849. The van der Waals surface area contributed by atoms with E-state index in [0.717, 1.165) is 10.1 Å². The van der Waals surface area contributed by atoms with Crippen LogP contribution in [-0.2, 0) is 14.1 Å². The lowest BCUT2D eigenvalue weighted by molar-refractivity contribution is 0.258. The Bertz CT molecular complexity index is 577. The van der Waals surface area contributed by atoms with Gasteiger partial charge in [0, 0.05) is 11.6 Å². The van der Waals surface area contributed by atoms with Crippen LogP contribution in [0.4, 0.5) is 0 Å². The lowest BCUT2D eigenvalue weighted by Gasteiger charge is -2.03. The van der Waals surface area contributed by atoms with E-state index in [4.69, 9.17) is 11.9 Å². The van der Waals surface area contributed by atoms with Crippen LogP contribution in [-0.4, -0.2) is 13.1 Å². The summed E-state index contributed by atoms with van der Waals surface area (Å²) in [6.07, 6.45) is 1.46. The van der Waals surface area contributed by atoms with Crippen molar-refractivity contribution >= 4 is 33.2 Å². The third kappa shape index (κ3) is 2.06. The Labute approximate surface area is 91.2 Å². The highest BCUT2D eigenvalue weighted by Crippen LogP contribution is 2.14. The van der Waals surface area contributed by atoms with Gasteiger partial charge in [0.05, 0.1) is 17.4 Å². The average Bonchev–Trinajstić information content (AvgIpc) is 2.62. The first-order valence-corrected chi connectivity index (χ1v) is 5.58. The monoisotopic (exact) mass is 247 g/mol. The molecule has 0 atom stereocenters. The second-order valence-corrected chi connectivity index (χ2v) is 4.22. The molecule has 0 amide bonds. The quantitative estimate of drug-likeness (QED) is 0.825. The first kappa shape index (κ1) is 10.3. The molecule has 0 bridgehead atoms. The molecule has 0 fully saturated rings. The van der Waals surface area contributed by atoms with Crippen molar-refractivity contribution in [2.75, 3.05) is 0 Å². The zero-order valence-electron chi connectivity index (χ0n) is 7.33. The summed E-state index contributed by atoms with van der Waals surface area (Å²) < 4.78 is 31.1. The largest absolute Gasteiger partial charge is 0.484 e. The van der Waals surface area contributed by atoms with Gasteiger partial charge in [-0.3, -0.25) is 4.28 Å². The van der Waals surface area contributed by atoms with Crippen molar-refractivity contribution in [3.63, 3.8) is 0 Å². The predicted octanol–water partition coefficient (Wildman–Crippen LogP) is 1.49. The third-order valence-electron chi connectivity index (χ3n) is 1.81. The second-order valence-electron chi connectivity index (χ2n) is 2.75. The molecule has 0 aliphatic rings. The molecule has 0 N–H and O–H groups in total. The van der Waals surface area contributed by atoms with Gasteiger partial charge in [0.15, 0.2) is 0 Å². The minimum absolute atomic E-state index is 0.606. The number of hydrogen-bond acceptors (Lipinski definition) is 4. The fraction of sp³-hybridized carbons (Fsp3) is 0. The van der Waals surface area contributed by atoms with Gasteiger partial charge in [-0.1, -0.05) is 18.2 Å². The van der Waals surface area contributed by atoms with Crippen molar-refractivity contribution in [3.8, 4) is 0 Å². The summed E-state index contributed by atoms with van der Waals surface area (Å²) in [5.41, 5.74) is 0.606. The van der Waals surface area contributed by atoms with Gasteiger partial charge in [0.1, 0.15) is 0 Å². The van der Waals surface area contributed by atoms with Gasteiger partial charge in [0.2, 0.25) is 0 Å². The summed E-state index contributed by atoms with van der Waals surface area (Å²) in [6, 6.07) is 8.83. The maximum Gasteiger partial charge on any atom is 0.484 e. The number of halogens is 1. The topological polar surface area (TPSA) is 57.5 Å². The van der Waals surface area contributed by atoms with Crippen LogP contribution in [0.3, 0.4) is 0 Å². The summed E-state index contributed by atoms with van der Waals surface area (Å²) in [7, 11) is -4.21. The van der Waals surface area contributed by atoms with Crippen LogP contribution in [0, 0.1) is 0 Å². The SMILES string of the molecule is O=S(=O)(OCl)On1ccc2ccccc21. The molecule has 15 heavy (non-hydrogen) atoms. The molecule has 0 radical (unpaired) electrons. The molecule has 1 heterocycles. The molecule has 5 nitrogen and oxygen atoms in total. The Hall–Kier alpha value is -1.24. The summed E-state index contributed by atoms with van der Waals surface area (Å²) in [4.78, 5) is 0. The summed E-state index contributed by atoms with van der Waals surface area (Å²) in [6.45, 7) is 0. The molecule has 0 aliphatic heterocycles. The van der Waals surface area contributed by atoms with Crippen LogP contribution >= 0.6 is 11.9 Å². The number of para-hydroxylation sites is 1. The standard InChI is InChI=1S/C8H6ClNO4S/c9-13-15(11,12)14-10-6-5-7-3-1-2-4-8(7)10/h1-6H. The Morgan fingerprint density at radius 1 is 1.20 bits per heavy atom. The minimum Gasteiger partial charge on any atom is -0.265 e. The van der Waals surface area contributed by atoms with Crippen LogP contribution in [0.25, 0.3) is 10.9 Å². The molecule has 2 rings (SSSR count). The Balaban J connectivity index is 2.46. The van der Waals surface area contributed by atoms with Gasteiger partial charge in [0.25, 0.3) is 0 Å². The molecule has 1 aromatic carbocycles. The molecule has 2 aromatic rings. The molecule has 0 saturated carbocycles. The molecule has 0 saturated heterocycles. The maximum absolute atomic E-state index is 10.9. The normalized spacial score (nSPS) is 11.8. The Morgan fingerprint density at radius 2 is 1.93 bits per heavy atom. The van der Waals surface area contributed by atoms with E-state index >= 15 is 0 Å². The minimum atomic E-state index is -4.21. The van der Waals surface area contributed by atoms with Gasteiger partial charge < -0.3 is 0 Å². The lowest BCUT2D eigenvalue weighted by Crippen LogP contribution is -2.18. The van der Waals surface area contributed by atoms with Gasteiger partial charge in [-0.25, -0.2) is 0 Å². The highest BCUT2D eigenvalue weighted by molar-refractivity contribution is 7.82. The lowest BCUT2D eigenvalue weighted by atomic mass is 10.3. The van der Waals surface area contributed by atoms with Crippen LogP contribution in [0.2, 0.25) is 0 Å². The van der Waals surface area contributed by atoms with Crippen molar-refractivity contribution in [2.45, 2.75) is 0 Å². The van der Waals surface area contributed by atoms with Crippen molar-refractivity contribution in [2.24, 2.45) is 0 Å². The molecular formula is C8H6ClNO4S. The van der Waals surface area contributed by atoms with Crippen molar-refractivity contribution < 1.29 is 16.4 Å². The number of rotatable bonds is 3. The molecule has 7 heteroatoms. The number of nitrogens with zero attached hydrogens (tertiary/aromatic N) is 1. The van der Waals surface area contributed by atoms with Crippen molar-refractivity contribution in [1.82, 2.24) is 4.73 Å². The van der Waals surface area contributed by atoms with E-state index in [0.29, 0.717) is 5.52 Å².